The minimum Gasteiger partial charge on any atom is -0.269 e. The van der Waals surface area contributed by atoms with Crippen molar-refractivity contribution < 1.29 is 13.2 Å². The second kappa shape index (κ2) is 6.17. The van der Waals surface area contributed by atoms with Crippen molar-refractivity contribution in [2.75, 3.05) is 0 Å². The normalized spacial score (nSPS) is 11.0. The maximum Gasteiger partial charge on any atom is 0.199 e. The van der Waals surface area contributed by atoms with Gasteiger partial charge >= 0.3 is 0 Å². The molecule has 0 bridgehead atoms. The monoisotopic (exact) mass is 355 g/mol. The lowest BCUT2D eigenvalue weighted by Crippen LogP contribution is -2.06. The third-order valence-electron chi connectivity index (χ3n) is 3.29. The van der Waals surface area contributed by atoms with Crippen LogP contribution in [0.4, 0.5) is 13.2 Å². The molecule has 118 valence electrons. The third-order valence-corrected chi connectivity index (χ3v) is 3.92. The number of rotatable bonds is 3. The lowest BCUT2D eigenvalue weighted by atomic mass is 10.1. The number of aromatic nitrogens is 3. The highest BCUT2D eigenvalue weighted by Gasteiger charge is 2.16. The highest BCUT2D eigenvalue weighted by Crippen LogP contribution is 2.24. The van der Waals surface area contributed by atoms with Gasteiger partial charge in [-0.1, -0.05) is 17.7 Å². The molecule has 2 aromatic carbocycles. The van der Waals surface area contributed by atoms with Crippen molar-refractivity contribution in [3.8, 4) is 5.69 Å². The number of halogens is 4. The number of hydrogen-bond acceptors (Lipinski definition) is 2. The molecule has 0 atom stereocenters. The van der Waals surface area contributed by atoms with Crippen molar-refractivity contribution in [1.29, 1.82) is 0 Å². The van der Waals surface area contributed by atoms with E-state index in [9.17, 15) is 13.2 Å². The minimum absolute atomic E-state index is 0.00450. The Bertz CT molecular complexity index is 916. The molecule has 0 saturated heterocycles. The Morgan fingerprint density at radius 3 is 2.61 bits per heavy atom. The minimum atomic E-state index is -0.802. The van der Waals surface area contributed by atoms with Gasteiger partial charge in [0.15, 0.2) is 4.77 Å². The standard InChI is InChI=1S/C15H9ClF3N3S/c16-10-2-1-3-11(18)9(10)7-14-20-21-15(23)22(14)13-5-4-8(17)6-12(13)19/h1-6H,7H2,(H,21,23). The molecule has 8 heteroatoms. The summed E-state index contributed by atoms with van der Waals surface area (Å²) in [5.74, 6) is -1.76. The molecule has 3 aromatic rings. The molecule has 0 aliphatic rings. The number of benzene rings is 2. The molecule has 1 aromatic heterocycles. The molecule has 0 spiro atoms. The summed E-state index contributed by atoms with van der Waals surface area (Å²) in [6, 6.07) is 7.38. The van der Waals surface area contributed by atoms with E-state index in [1.807, 2.05) is 0 Å². The van der Waals surface area contributed by atoms with Crippen molar-refractivity contribution in [2.45, 2.75) is 6.42 Å². The number of nitrogens with one attached hydrogen (secondary N) is 1. The van der Waals surface area contributed by atoms with Gasteiger partial charge in [-0.3, -0.25) is 9.67 Å². The topological polar surface area (TPSA) is 33.6 Å². The molecule has 3 nitrogen and oxygen atoms in total. The van der Waals surface area contributed by atoms with Crippen molar-refractivity contribution >= 4 is 23.8 Å². The summed E-state index contributed by atoms with van der Waals surface area (Å²) >= 11 is 11.1. The quantitative estimate of drug-likeness (QED) is 0.697. The first-order chi connectivity index (χ1) is 11.0. The van der Waals surface area contributed by atoms with Gasteiger partial charge in [0.1, 0.15) is 23.3 Å². The van der Waals surface area contributed by atoms with Crippen molar-refractivity contribution in [1.82, 2.24) is 14.8 Å². The van der Waals surface area contributed by atoms with Gasteiger partial charge in [-0.05, 0) is 36.5 Å². The Labute approximate surface area is 139 Å². The zero-order valence-electron chi connectivity index (χ0n) is 11.5. The molecule has 0 fully saturated rings. The molecule has 1 N–H and O–H groups in total. The van der Waals surface area contributed by atoms with Gasteiger partial charge in [-0.15, -0.1) is 0 Å². The van der Waals surface area contributed by atoms with Crippen LogP contribution in [0, 0.1) is 22.2 Å². The smallest absolute Gasteiger partial charge is 0.199 e. The van der Waals surface area contributed by atoms with E-state index in [1.54, 1.807) is 6.07 Å². The molecule has 0 aliphatic heterocycles. The van der Waals surface area contributed by atoms with E-state index in [1.165, 1.54) is 22.8 Å². The van der Waals surface area contributed by atoms with Gasteiger partial charge in [-0.25, -0.2) is 13.2 Å². The van der Waals surface area contributed by atoms with Gasteiger partial charge in [0, 0.05) is 23.1 Å². The molecule has 0 radical (unpaired) electrons. The molecule has 23 heavy (non-hydrogen) atoms. The average Bonchev–Trinajstić information content (AvgIpc) is 2.84. The fourth-order valence-corrected chi connectivity index (χ4v) is 2.70. The van der Waals surface area contributed by atoms with E-state index in [0.29, 0.717) is 0 Å². The first-order valence-electron chi connectivity index (χ1n) is 6.52. The van der Waals surface area contributed by atoms with Crippen LogP contribution in [0.3, 0.4) is 0 Å². The van der Waals surface area contributed by atoms with Gasteiger partial charge in [0.2, 0.25) is 0 Å². The van der Waals surface area contributed by atoms with Crippen molar-refractivity contribution in [3.63, 3.8) is 0 Å². The lowest BCUT2D eigenvalue weighted by molar-refractivity contribution is 0.575. The Morgan fingerprint density at radius 1 is 1.13 bits per heavy atom. The maximum absolute atomic E-state index is 14.0. The molecule has 0 amide bonds. The summed E-state index contributed by atoms with van der Waals surface area (Å²) in [5.41, 5.74) is 0.236. The van der Waals surface area contributed by atoms with Crippen LogP contribution in [0.25, 0.3) is 5.69 Å². The van der Waals surface area contributed by atoms with Crippen LogP contribution >= 0.6 is 23.8 Å². The lowest BCUT2D eigenvalue weighted by Gasteiger charge is -2.09. The van der Waals surface area contributed by atoms with Crippen LogP contribution in [-0.2, 0) is 6.42 Å². The fourth-order valence-electron chi connectivity index (χ4n) is 2.22. The first-order valence-corrected chi connectivity index (χ1v) is 7.30. The van der Waals surface area contributed by atoms with E-state index in [4.69, 9.17) is 23.8 Å². The largest absolute Gasteiger partial charge is 0.269 e. The Kier molecular flexibility index (Phi) is 4.23. The SMILES string of the molecule is Fc1ccc(-n2c(Cc3c(F)cccc3Cl)n[nH]c2=S)c(F)c1. The number of hydrogen-bond donors (Lipinski definition) is 1. The van der Waals surface area contributed by atoms with Crippen LogP contribution in [-0.4, -0.2) is 14.8 Å². The second-order valence-electron chi connectivity index (χ2n) is 4.75. The van der Waals surface area contributed by atoms with Crippen LogP contribution in [0.15, 0.2) is 36.4 Å². The molecule has 3 rings (SSSR count). The fraction of sp³-hybridized carbons (Fsp3) is 0.0667. The van der Waals surface area contributed by atoms with Gasteiger partial charge in [-0.2, -0.15) is 5.10 Å². The Morgan fingerprint density at radius 2 is 1.91 bits per heavy atom. The van der Waals surface area contributed by atoms with E-state index in [0.717, 1.165) is 12.1 Å². The van der Waals surface area contributed by atoms with Crippen LogP contribution in [0.1, 0.15) is 11.4 Å². The summed E-state index contributed by atoms with van der Waals surface area (Å²) in [6.45, 7) is 0. The number of nitrogens with zero attached hydrogens (tertiary/aromatic N) is 2. The molecule has 1 heterocycles. The summed E-state index contributed by atoms with van der Waals surface area (Å²) < 4.78 is 42.4. The number of H-pyrrole nitrogens is 1. The van der Waals surface area contributed by atoms with Crippen molar-refractivity contribution in [2.24, 2.45) is 0 Å². The van der Waals surface area contributed by atoms with Crippen molar-refractivity contribution in [3.05, 3.63) is 75.0 Å². The Balaban J connectivity index is 2.11. The zero-order valence-corrected chi connectivity index (χ0v) is 13.1. The first kappa shape index (κ1) is 15.8. The summed E-state index contributed by atoms with van der Waals surface area (Å²) in [5, 5.41) is 6.75. The predicted octanol–water partition coefficient (Wildman–Crippen LogP) is 4.59. The highest BCUT2D eigenvalue weighted by molar-refractivity contribution is 7.71. The maximum atomic E-state index is 14.0. The number of aromatic amines is 1. The predicted molar refractivity (Wildman–Crippen MR) is 82.9 cm³/mol. The van der Waals surface area contributed by atoms with E-state index < -0.39 is 17.5 Å². The summed E-state index contributed by atoms with van der Waals surface area (Å²) in [6.07, 6.45) is -0.00450. The van der Waals surface area contributed by atoms with E-state index in [2.05, 4.69) is 10.2 Å². The molecular formula is C15H9ClF3N3S. The van der Waals surface area contributed by atoms with Crippen LogP contribution < -0.4 is 0 Å². The zero-order chi connectivity index (χ0) is 16.6. The molecule has 0 saturated carbocycles. The van der Waals surface area contributed by atoms with Gasteiger partial charge in [0.25, 0.3) is 0 Å². The molecule has 0 unspecified atom stereocenters. The summed E-state index contributed by atoms with van der Waals surface area (Å²) in [4.78, 5) is 0. The van der Waals surface area contributed by atoms with Gasteiger partial charge in [0.05, 0.1) is 5.69 Å². The van der Waals surface area contributed by atoms with Crippen LogP contribution in [0.5, 0.6) is 0 Å². The third kappa shape index (κ3) is 3.02. The average molecular weight is 356 g/mol. The summed E-state index contributed by atoms with van der Waals surface area (Å²) in [7, 11) is 0. The highest BCUT2D eigenvalue weighted by atomic mass is 35.5. The van der Waals surface area contributed by atoms with E-state index in [-0.39, 0.29) is 33.3 Å². The van der Waals surface area contributed by atoms with E-state index >= 15 is 0 Å². The van der Waals surface area contributed by atoms with Gasteiger partial charge < -0.3 is 0 Å². The van der Waals surface area contributed by atoms with Crippen LogP contribution in [0.2, 0.25) is 5.02 Å². The second-order valence-corrected chi connectivity index (χ2v) is 5.55. The molecule has 0 aliphatic carbocycles. The molecular weight excluding hydrogens is 347 g/mol. The Hall–Kier alpha value is -2.12.